The molecule has 0 heterocycles. The van der Waals surface area contributed by atoms with Crippen LogP contribution < -0.4 is 5.32 Å². The Labute approximate surface area is 113 Å². The zero-order chi connectivity index (χ0) is 15.3. The molecule has 1 amide bonds. The molecule has 0 saturated carbocycles. The number of aliphatic carboxylic acids is 1. The highest BCUT2D eigenvalue weighted by Crippen LogP contribution is 2.15. The largest absolute Gasteiger partial charge is 0.481 e. The molecule has 0 fully saturated rings. The van der Waals surface area contributed by atoms with E-state index in [1.54, 1.807) is 6.92 Å². The van der Waals surface area contributed by atoms with Crippen LogP contribution in [-0.2, 0) is 4.79 Å². The molecule has 7 heteroatoms. The van der Waals surface area contributed by atoms with E-state index < -0.39 is 34.9 Å². The van der Waals surface area contributed by atoms with Crippen molar-refractivity contribution in [1.29, 1.82) is 0 Å². The number of carbonyl (C=O) groups excluding carboxylic acids is 1. The third-order valence-corrected chi connectivity index (χ3v) is 2.83. The Kier molecular flexibility index (Phi) is 5.54. The Bertz CT molecular complexity index is 497. The van der Waals surface area contributed by atoms with Gasteiger partial charge in [-0.1, -0.05) is 13.3 Å². The molecule has 0 aliphatic carbocycles. The molecule has 0 aliphatic heterocycles. The molecular weight excluding hydrogens is 275 g/mol. The fraction of sp³-hybridized carbons (Fsp3) is 0.385. The van der Waals surface area contributed by atoms with E-state index in [0.29, 0.717) is 18.6 Å². The maximum atomic E-state index is 13.3. The third kappa shape index (κ3) is 4.25. The van der Waals surface area contributed by atoms with Gasteiger partial charge in [0.25, 0.3) is 5.91 Å². The van der Waals surface area contributed by atoms with Crippen molar-refractivity contribution < 1.29 is 27.9 Å². The molecule has 4 nitrogen and oxygen atoms in total. The van der Waals surface area contributed by atoms with Crippen LogP contribution in [0.1, 0.15) is 30.1 Å². The predicted octanol–water partition coefficient (Wildman–Crippen LogP) is 2.33. The lowest BCUT2D eigenvalue weighted by atomic mass is 10.0. The van der Waals surface area contributed by atoms with E-state index in [1.165, 1.54) is 0 Å². The van der Waals surface area contributed by atoms with Crippen LogP contribution in [0, 0.1) is 23.4 Å². The molecule has 0 aromatic heterocycles. The van der Waals surface area contributed by atoms with Crippen molar-refractivity contribution in [2.24, 2.45) is 5.92 Å². The Morgan fingerprint density at radius 2 is 1.80 bits per heavy atom. The molecule has 1 atom stereocenters. The van der Waals surface area contributed by atoms with Crippen LogP contribution in [0.2, 0.25) is 0 Å². The monoisotopic (exact) mass is 289 g/mol. The summed E-state index contributed by atoms with van der Waals surface area (Å²) in [5.41, 5.74) is -0.878. The summed E-state index contributed by atoms with van der Waals surface area (Å²) in [7, 11) is 0. The zero-order valence-corrected chi connectivity index (χ0v) is 10.8. The first-order valence-electron chi connectivity index (χ1n) is 5.99. The maximum Gasteiger partial charge on any atom is 0.303 e. The Morgan fingerprint density at radius 1 is 1.25 bits per heavy atom. The molecule has 2 N–H and O–H groups in total. The Balaban J connectivity index is 2.74. The normalized spacial score (nSPS) is 12.0. The fourth-order valence-corrected chi connectivity index (χ4v) is 1.69. The summed E-state index contributed by atoms with van der Waals surface area (Å²) < 4.78 is 39.4. The van der Waals surface area contributed by atoms with Gasteiger partial charge in [-0.3, -0.25) is 9.59 Å². The number of nitrogens with one attached hydrogen (secondary N) is 1. The van der Waals surface area contributed by atoms with Gasteiger partial charge in [0.1, 0.15) is 23.0 Å². The third-order valence-electron chi connectivity index (χ3n) is 2.83. The van der Waals surface area contributed by atoms with Gasteiger partial charge in [-0.2, -0.15) is 0 Å². The number of hydrogen-bond donors (Lipinski definition) is 2. The van der Waals surface area contributed by atoms with E-state index in [2.05, 4.69) is 5.32 Å². The summed E-state index contributed by atoms with van der Waals surface area (Å²) in [6.07, 6.45) is 0.326. The second-order valence-electron chi connectivity index (χ2n) is 4.33. The van der Waals surface area contributed by atoms with Crippen LogP contribution in [0.4, 0.5) is 13.2 Å². The van der Waals surface area contributed by atoms with Gasteiger partial charge >= 0.3 is 5.97 Å². The molecule has 0 radical (unpaired) electrons. The van der Waals surface area contributed by atoms with Crippen molar-refractivity contribution in [3.63, 3.8) is 0 Å². The van der Waals surface area contributed by atoms with Gasteiger partial charge in [-0.05, 0) is 5.92 Å². The lowest BCUT2D eigenvalue weighted by Gasteiger charge is -2.14. The topological polar surface area (TPSA) is 66.4 Å². The van der Waals surface area contributed by atoms with Crippen molar-refractivity contribution >= 4 is 11.9 Å². The molecule has 0 aliphatic rings. The van der Waals surface area contributed by atoms with Gasteiger partial charge in [0, 0.05) is 25.1 Å². The predicted molar refractivity (Wildman–Crippen MR) is 64.7 cm³/mol. The molecule has 1 aromatic carbocycles. The van der Waals surface area contributed by atoms with E-state index in [0.717, 1.165) is 0 Å². The minimum Gasteiger partial charge on any atom is -0.481 e. The minimum atomic E-state index is -1.30. The Morgan fingerprint density at radius 3 is 2.25 bits per heavy atom. The minimum absolute atomic E-state index is 0.0299. The van der Waals surface area contributed by atoms with Crippen LogP contribution in [-0.4, -0.2) is 23.5 Å². The molecular formula is C13H14F3NO3. The van der Waals surface area contributed by atoms with E-state index in [4.69, 9.17) is 5.11 Å². The van der Waals surface area contributed by atoms with Crippen molar-refractivity contribution in [1.82, 2.24) is 5.32 Å². The number of carbonyl (C=O) groups is 2. The summed E-state index contributed by atoms with van der Waals surface area (Å²) >= 11 is 0. The van der Waals surface area contributed by atoms with Crippen molar-refractivity contribution in [2.75, 3.05) is 6.54 Å². The lowest BCUT2D eigenvalue weighted by molar-refractivity contribution is -0.138. The highest BCUT2D eigenvalue weighted by atomic mass is 19.1. The first kappa shape index (κ1) is 16.0. The average Bonchev–Trinajstić information content (AvgIpc) is 2.32. The zero-order valence-electron chi connectivity index (χ0n) is 10.8. The number of amides is 1. The van der Waals surface area contributed by atoms with Gasteiger partial charge in [0.05, 0.1) is 0 Å². The molecule has 20 heavy (non-hydrogen) atoms. The summed E-state index contributed by atoms with van der Waals surface area (Å²) in [5, 5.41) is 10.9. The highest BCUT2D eigenvalue weighted by Gasteiger charge is 2.20. The van der Waals surface area contributed by atoms with Gasteiger partial charge in [-0.25, -0.2) is 13.2 Å². The van der Waals surface area contributed by atoms with Gasteiger partial charge < -0.3 is 10.4 Å². The summed E-state index contributed by atoms with van der Waals surface area (Å²) in [6.45, 7) is 1.71. The fourth-order valence-electron chi connectivity index (χ4n) is 1.69. The molecule has 1 aromatic rings. The van der Waals surface area contributed by atoms with Gasteiger partial charge in [0.2, 0.25) is 0 Å². The summed E-state index contributed by atoms with van der Waals surface area (Å²) in [4.78, 5) is 22.2. The number of benzene rings is 1. The van der Waals surface area contributed by atoms with Crippen LogP contribution in [0.5, 0.6) is 0 Å². The average molecular weight is 289 g/mol. The number of carboxylic acids is 1. The molecule has 110 valence electrons. The molecule has 1 unspecified atom stereocenters. The van der Waals surface area contributed by atoms with Crippen LogP contribution in [0.25, 0.3) is 0 Å². The number of hydrogen-bond acceptors (Lipinski definition) is 2. The highest BCUT2D eigenvalue weighted by molar-refractivity contribution is 5.94. The number of rotatable bonds is 6. The van der Waals surface area contributed by atoms with Crippen LogP contribution >= 0.6 is 0 Å². The SMILES string of the molecule is CCC(CNC(=O)c1c(F)cc(F)cc1F)CC(=O)O. The van der Waals surface area contributed by atoms with Crippen molar-refractivity contribution in [3.8, 4) is 0 Å². The molecule has 0 bridgehead atoms. The quantitative estimate of drug-likeness (QED) is 0.844. The molecule has 0 spiro atoms. The van der Waals surface area contributed by atoms with E-state index >= 15 is 0 Å². The van der Waals surface area contributed by atoms with Gasteiger partial charge in [-0.15, -0.1) is 0 Å². The lowest BCUT2D eigenvalue weighted by Crippen LogP contribution is -2.31. The van der Waals surface area contributed by atoms with Gasteiger partial charge in [0.15, 0.2) is 0 Å². The van der Waals surface area contributed by atoms with E-state index in [-0.39, 0.29) is 18.9 Å². The summed E-state index contributed by atoms with van der Waals surface area (Å²) in [6, 6.07) is 0.819. The maximum absolute atomic E-state index is 13.3. The standard InChI is InChI=1S/C13H14F3NO3/c1-2-7(3-11(18)19)6-17-13(20)12-9(15)4-8(14)5-10(12)16/h4-5,7H,2-3,6H2,1H3,(H,17,20)(H,18,19). The Hall–Kier alpha value is -2.05. The second kappa shape index (κ2) is 6.93. The number of carboxylic acid groups (broad SMARTS) is 1. The van der Waals surface area contributed by atoms with Crippen molar-refractivity contribution in [2.45, 2.75) is 19.8 Å². The van der Waals surface area contributed by atoms with Crippen molar-refractivity contribution in [3.05, 3.63) is 35.1 Å². The van der Waals surface area contributed by atoms with E-state index in [9.17, 15) is 22.8 Å². The van der Waals surface area contributed by atoms with E-state index in [1.807, 2.05) is 0 Å². The first-order valence-corrected chi connectivity index (χ1v) is 5.99. The number of halogens is 3. The first-order chi connectivity index (χ1) is 9.35. The van der Waals surface area contributed by atoms with Crippen LogP contribution in [0.15, 0.2) is 12.1 Å². The molecule has 0 saturated heterocycles. The smallest absolute Gasteiger partial charge is 0.303 e. The summed E-state index contributed by atoms with van der Waals surface area (Å²) in [5.74, 6) is -6.12. The van der Waals surface area contributed by atoms with Crippen LogP contribution in [0.3, 0.4) is 0 Å². The second-order valence-corrected chi connectivity index (χ2v) is 4.33. The molecule has 1 rings (SSSR count).